The fourth-order valence-corrected chi connectivity index (χ4v) is 4.29. The molecule has 1 aromatic rings. The highest BCUT2D eigenvalue weighted by Crippen LogP contribution is 2.39. The maximum atomic E-state index is 6.46. The standard InChI is InChI=1S/C15H21Br2N/c1-2-10-3-5-11(6-4-10)15(18)13-8-7-12(16)9-14(13)17/h7-11,15H,2-6,18H2,1H3. The summed E-state index contributed by atoms with van der Waals surface area (Å²) in [4.78, 5) is 0. The van der Waals surface area contributed by atoms with Gasteiger partial charge in [-0.15, -0.1) is 0 Å². The van der Waals surface area contributed by atoms with Crippen LogP contribution >= 0.6 is 31.9 Å². The van der Waals surface area contributed by atoms with Crippen LogP contribution in [-0.4, -0.2) is 0 Å². The van der Waals surface area contributed by atoms with Gasteiger partial charge in [-0.2, -0.15) is 0 Å². The first-order valence-electron chi connectivity index (χ1n) is 6.82. The van der Waals surface area contributed by atoms with Gasteiger partial charge in [0.15, 0.2) is 0 Å². The van der Waals surface area contributed by atoms with Gasteiger partial charge in [0, 0.05) is 15.0 Å². The summed E-state index contributed by atoms with van der Waals surface area (Å²) in [7, 11) is 0. The molecule has 1 aliphatic rings. The van der Waals surface area contributed by atoms with Crippen LogP contribution in [0.5, 0.6) is 0 Å². The lowest BCUT2D eigenvalue weighted by molar-refractivity contribution is 0.239. The number of hydrogen-bond acceptors (Lipinski definition) is 1. The third kappa shape index (κ3) is 3.37. The second-order valence-electron chi connectivity index (χ2n) is 5.38. The predicted octanol–water partition coefficient (Wildman–Crippen LogP) is 5.43. The molecule has 3 heteroatoms. The van der Waals surface area contributed by atoms with Crippen LogP contribution in [0.15, 0.2) is 27.1 Å². The third-order valence-corrected chi connectivity index (χ3v) is 5.48. The molecule has 1 aromatic carbocycles. The van der Waals surface area contributed by atoms with Gasteiger partial charge >= 0.3 is 0 Å². The van der Waals surface area contributed by atoms with Crippen LogP contribution in [-0.2, 0) is 0 Å². The molecule has 18 heavy (non-hydrogen) atoms. The Bertz CT molecular complexity index is 397. The third-order valence-electron chi connectivity index (χ3n) is 4.30. The zero-order valence-corrected chi connectivity index (χ0v) is 14.0. The average molecular weight is 375 g/mol. The zero-order chi connectivity index (χ0) is 13.1. The van der Waals surface area contributed by atoms with Crippen LogP contribution in [0.25, 0.3) is 0 Å². The number of benzene rings is 1. The number of hydrogen-bond donors (Lipinski definition) is 1. The molecule has 100 valence electrons. The Morgan fingerprint density at radius 3 is 2.44 bits per heavy atom. The molecular formula is C15H21Br2N. The topological polar surface area (TPSA) is 26.0 Å². The smallest absolute Gasteiger partial charge is 0.0334 e. The summed E-state index contributed by atoms with van der Waals surface area (Å²) in [6, 6.07) is 6.49. The summed E-state index contributed by atoms with van der Waals surface area (Å²) in [5.74, 6) is 1.58. The van der Waals surface area contributed by atoms with E-state index in [1.165, 1.54) is 37.7 Å². The Labute approximate surface area is 127 Å². The first-order chi connectivity index (χ1) is 8.61. The molecule has 1 atom stereocenters. The van der Waals surface area contributed by atoms with Gasteiger partial charge in [0.1, 0.15) is 0 Å². The van der Waals surface area contributed by atoms with E-state index < -0.39 is 0 Å². The zero-order valence-electron chi connectivity index (χ0n) is 10.8. The van der Waals surface area contributed by atoms with Gasteiger partial charge in [-0.1, -0.05) is 64.1 Å². The van der Waals surface area contributed by atoms with E-state index in [2.05, 4.69) is 57.0 Å². The van der Waals surface area contributed by atoms with Gasteiger partial charge in [-0.3, -0.25) is 0 Å². The second-order valence-corrected chi connectivity index (χ2v) is 7.15. The van der Waals surface area contributed by atoms with Crippen molar-refractivity contribution in [2.75, 3.05) is 0 Å². The van der Waals surface area contributed by atoms with Gasteiger partial charge in [0.05, 0.1) is 0 Å². The molecule has 0 bridgehead atoms. The monoisotopic (exact) mass is 373 g/mol. The normalized spacial score (nSPS) is 26.0. The number of nitrogens with two attached hydrogens (primary N) is 1. The molecule has 0 spiro atoms. The van der Waals surface area contributed by atoms with Crippen molar-refractivity contribution in [3.63, 3.8) is 0 Å². The molecule has 1 aliphatic carbocycles. The van der Waals surface area contributed by atoms with E-state index in [4.69, 9.17) is 5.73 Å². The molecule has 0 aliphatic heterocycles. The summed E-state index contributed by atoms with van der Waals surface area (Å²) >= 11 is 7.12. The summed E-state index contributed by atoms with van der Waals surface area (Å²) < 4.78 is 2.22. The van der Waals surface area contributed by atoms with Gasteiger partial charge in [-0.25, -0.2) is 0 Å². The molecule has 0 amide bonds. The van der Waals surface area contributed by atoms with Crippen LogP contribution in [0.2, 0.25) is 0 Å². The van der Waals surface area contributed by atoms with Gasteiger partial charge < -0.3 is 5.73 Å². The van der Waals surface area contributed by atoms with E-state index in [1.807, 2.05) is 0 Å². The van der Waals surface area contributed by atoms with Crippen LogP contribution in [0, 0.1) is 11.8 Å². The largest absolute Gasteiger partial charge is 0.324 e. The molecule has 0 aromatic heterocycles. The summed E-state index contributed by atoms with van der Waals surface area (Å²) in [5.41, 5.74) is 7.71. The van der Waals surface area contributed by atoms with Crippen molar-refractivity contribution in [2.24, 2.45) is 17.6 Å². The number of halogens is 2. The quantitative estimate of drug-likeness (QED) is 0.750. The molecule has 0 heterocycles. The molecule has 1 fully saturated rings. The van der Waals surface area contributed by atoms with Crippen LogP contribution in [0.3, 0.4) is 0 Å². The minimum Gasteiger partial charge on any atom is -0.324 e. The Kier molecular flexibility index (Phi) is 5.28. The molecule has 2 rings (SSSR count). The lowest BCUT2D eigenvalue weighted by Gasteiger charge is -2.32. The number of rotatable bonds is 3. The molecule has 1 unspecified atom stereocenters. The Morgan fingerprint density at radius 2 is 1.89 bits per heavy atom. The minimum absolute atomic E-state index is 0.172. The highest BCUT2D eigenvalue weighted by Gasteiger charge is 2.26. The van der Waals surface area contributed by atoms with E-state index >= 15 is 0 Å². The Morgan fingerprint density at radius 1 is 1.22 bits per heavy atom. The highest BCUT2D eigenvalue weighted by atomic mass is 79.9. The molecule has 0 radical (unpaired) electrons. The van der Waals surface area contributed by atoms with Crippen LogP contribution in [0.4, 0.5) is 0 Å². The van der Waals surface area contributed by atoms with Crippen molar-refractivity contribution < 1.29 is 0 Å². The molecule has 0 saturated heterocycles. The van der Waals surface area contributed by atoms with Gasteiger partial charge in [-0.05, 0) is 42.4 Å². The van der Waals surface area contributed by atoms with E-state index in [1.54, 1.807) is 0 Å². The highest BCUT2D eigenvalue weighted by molar-refractivity contribution is 9.11. The van der Waals surface area contributed by atoms with E-state index in [0.717, 1.165) is 14.9 Å². The van der Waals surface area contributed by atoms with Gasteiger partial charge in [0.2, 0.25) is 0 Å². The van der Waals surface area contributed by atoms with E-state index in [0.29, 0.717) is 5.92 Å². The van der Waals surface area contributed by atoms with Gasteiger partial charge in [0.25, 0.3) is 0 Å². The second kappa shape index (κ2) is 6.53. The average Bonchev–Trinajstić information content (AvgIpc) is 2.38. The van der Waals surface area contributed by atoms with E-state index in [-0.39, 0.29) is 6.04 Å². The summed E-state index contributed by atoms with van der Waals surface area (Å²) in [5, 5.41) is 0. The predicted molar refractivity (Wildman–Crippen MR) is 84.5 cm³/mol. The van der Waals surface area contributed by atoms with Crippen molar-refractivity contribution in [2.45, 2.75) is 45.1 Å². The fourth-order valence-electron chi connectivity index (χ4n) is 2.98. The van der Waals surface area contributed by atoms with Crippen LogP contribution in [0.1, 0.15) is 50.6 Å². The minimum atomic E-state index is 0.172. The maximum Gasteiger partial charge on any atom is 0.0334 e. The molecule has 2 N–H and O–H groups in total. The molecule has 1 saturated carbocycles. The fraction of sp³-hybridized carbons (Fsp3) is 0.600. The summed E-state index contributed by atoms with van der Waals surface area (Å²) in [6.07, 6.45) is 6.58. The van der Waals surface area contributed by atoms with Crippen molar-refractivity contribution in [1.29, 1.82) is 0 Å². The lowest BCUT2D eigenvalue weighted by atomic mass is 9.76. The Hall–Kier alpha value is 0.140. The SMILES string of the molecule is CCC1CCC(C(N)c2ccc(Br)cc2Br)CC1. The maximum absolute atomic E-state index is 6.46. The van der Waals surface area contributed by atoms with Crippen molar-refractivity contribution >= 4 is 31.9 Å². The van der Waals surface area contributed by atoms with Crippen molar-refractivity contribution in [1.82, 2.24) is 0 Å². The van der Waals surface area contributed by atoms with Crippen molar-refractivity contribution in [3.05, 3.63) is 32.7 Å². The molecule has 1 nitrogen and oxygen atoms in total. The Balaban J connectivity index is 2.05. The van der Waals surface area contributed by atoms with Crippen molar-refractivity contribution in [3.8, 4) is 0 Å². The van der Waals surface area contributed by atoms with Crippen LogP contribution < -0.4 is 5.73 Å². The molecular weight excluding hydrogens is 354 g/mol. The summed E-state index contributed by atoms with van der Waals surface area (Å²) in [6.45, 7) is 2.30. The first kappa shape index (κ1) is 14.5. The first-order valence-corrected chi connectivity index (χ1v) is 8.41. The van der Waals surface area contributed by atoms with E-state index in [9.17, 15) is 0 Å². The lowest BCUT2D eigenvalue weighted by Crippen LogP contribution is -2.26.